The van der Waals surface area contributed by atoms with Gasteiger partial charge in [0.15, 0.2) is 0 Å². The van der Waals surface area contributed by atoms with Crippen molar-refractivity contribution >= 4 is 12.5 Å². The minimum Gasteiger partial charge on any atom is -0.410 e. The van der Waals surface area contributed by atoms with Crippen molar-refractivity contribution in [3.05, 3.63) is 30.3 Å². The zero-order valence-electron chi connectivity index (χ0n) is 9.41. The van der Waals surface area contributed by atoms with Crippen molar-refractivity contribution in [1.29, 1.82) is 0 Å². The number of rotatable bonds is 2. The molecular weight excluding hydrogens is 220 g/mol. The maximum absolute atomic E-state index is 11.8. The largest absolute Gasteiger partial charge is 0.415 e. The van der Waals surface area contributed by atoms with Gasteiger partial charge in [-0.25, -0.2) is 4.79 Å². The van der Waals surface area contributed by atoms with Gasteiger partial charge in [-0.1, -0.05) is 18.2 Å². The molecule has 0 bridgehead atoms. The lowest BCUT2D eigenvalue weighted by atomic mass is 10.3. The van der Waals surface area contributed by atoms with Crippen LogP contribution in [0.15, 0.2) is 30.3 Å². The Morgan fingerprint density at radius 1 is 1.12 bits per heavy atom. The van der Waals surface area contributed by atoms with Crippen molar-refractivity contribution in [1.82, 2.24) is 9.80 Å². The predicted molar refractivity (Wildman–Crippen MR) is 61.7 cm³/mol. The summed E-state index contributed by atoms with van der Waals surface area (Å²) in [6, 6.07) is 8.96. The van der Waals surface area contributed by atoms with Crippen LogP contribution in [0, 0.1) is 0 Å². The number of amides is 2. The Hall–Kier alpha value is -2.04. The fourth-order valence-electron chi connectivity index (χ4n) is 1.66. The molecule has 0 saturated carbocycles. The standard InChI is InChI=1S/C12H14N2O3/c15-10-13-6-8-14(9-7-13)12(16)17-11-4-2-1-3-5-11/h1-5,10H,6-9H2. The number of hydrogen-bond donors (Lipinski definition) is 0. The van der Waals surface area contributed by atoms with Crippen LogP contribution >= 0.6 is 0 Å². The van der Waals surface area contributed by atoms with E-state index in [0.29, 0.717) is 31.9 Å². The lowest BCUT2D eigenvalue weighted by Crippen LogP contribution is -2.49. The molecule has 0 radical (unpaired) electrons. The molecule has 0 unspecified atom stereocenters. The van der Waals surface area contributed by atoms with E-state index in [1.165, 1.54) is 0 Å². The molecule has 0 aromatic heterocycles. The summed E-state index contributed by atoms with van der Waals surface area (Å²) in [6.07, 6.45) is 0.446. The van der Waals surface area contributed by atoms with Crippen molar-refractivity contribution in [2.24, 2.45) is 0 Å². The third-order valence-electron chi connectivity index (χ3n) is 2.67. The number of ether oxygens (including phenoxy) is 1. The quantitative estimate of drug-likeness (QED) is 0.716. The van der Waals surface area contributed by atoms with Crippen molar-refractivity contribution in [2.45, 2.75) is 0 Å². The highest BCUT2D eigenvalue weighted by Crippen LogP contribution is 2.11. The molecule has 1 aliphatic heterocycles. The van der Waals surface area contributed by atoms with Gasteiger partial charge in [0.05, 0.1) is 0 Å². The van der Waals surface area contributed by atoms with E-state index in [1.807, 2.05) is 18.2 Å². The minimum atomic E-state index is -0.359. The van der Waals surface area contributed by atoms with Gasteiger partial charge in [-0.2, -0.15) is 0 Å². The molecule has 1 aromatic rings. The molecule has 0 spiro atoms. The summed E-state index contributed by atoms with van der Waals surface area (Å²) in [5.74, 6) is 0.537. The van der Waals surface area contributed by atoms with E-state index in [-0.39, 0.29) is 6.09 Å². The average molecular weight is 234 g/mol. The first-order valence-electron chi connectivity index (χ1n) is 5.51. The molecule has 5 nitrogen and oxygen atoms in total. The van der Waals surface area contributed by atoms with Crippen molar-refractivity contribution in [3.8, 4) is 5.75 Å². The molecule has 17 heavy (non-hydrogen) atoms. The van der Waals surface area contributed by atoms with E-state index in [0.717, 1.165) is 6.41 Å². The van der Waals surface area contributed by atoms with E-state index < -0.39 is 0 Å². The summed E-state index contributed by atoms with van der Waals surface area (Å²) < 4.78 is 5.20. The van der Waals surface area contributed by atoms with Gasteiger partial charge >= 0.3 is 6.09 Å². The Labute approximate surface area is 99.6 Å². The fraction of sp³-hybridized carbons (Fsp3) is 0.333. The summed E-state index contributed by atoms with van der Waals surface area (Å²) in [5.41, 5.74) is 0. The number of nitrogens with zero attached hydrogens (tertiary/aromatic N) is 2. The van der Waals surface area contributed by atoms with Crippen LogP contribution in [0.5, 0.6) is 5.75 Å². The minimum absolute atomic E-state index is 0.359. The second-order valence-electron chi connectivity index (χ2n) is 3.81. The van der Waals surface area contributed by atoms with E-state index in [4.69, 9.17) is 4.74 Å². The molecule has 1 aliphatic rings. The number of para-hydroxylation sites is 1. The summed E-state index contributed by atoms with van der Waals surface area (Å²) in [4.78, 5) is 25.5. The zero-order chi connectivity index (χ0) is 12.1. The van der Waals surface area contributed by atoms with Crippen molar-refractivity contribution in [2.75, 3.05) is 26.2 Å². The maximum Gasteiger partial charge on any atom is 0.415 e. The van der Waals surface area contributed by atoms with Crippen LogP contribution in [0.25, 0.3) is 0 Å². The highest BCUT2D eigenvalue weighted by Gasteiger charge is 2.21. The molecule has 0 N–H and O–H groups in total. The first-order chi connectivity index (χ1) is 8.29. The number of piperazine rings is 1. The van der Waals surface area contributed by atoms with Crippen LogP contribution in [0.2, 0.25) is 0 Å². The van der Waals surface area contributed by atoms with E-state index in [2.05, 4.69) is 0 Å². The molecule has 1 saturated heterocycles. The molecule has 0 atom stereocenters. The maximum atomic E-state index is 11.8. The van der Waals surface area contributed by atoms with Gasteiger partial charge in [-0.05, 0) is 12.1 Å². The molecule has 1 heterocycles. The van der Waals surface area contributed by atoms with E-state index >= 15 is 0 Å². The topological polar surface area (TPSA) is 49.9 Å². The second kappa shape index (κ2) is 5.34. The molecule has 90 valence electrons. The molecule has 1 fully saturated rings. The molecule has 5 heteroatoms. The van der Waals surface area contributed by atoms with Crippen LogP contribution < -0.4 is 4.74 Å². The highest BCUT2D eigenvalue weighted by molar-refractivity contribution is 5.71. The fourth-order valence-corrected chi connectivity index (χ4v) is 1.66. The molecule has 2 amide bonds. The van der Waals surface area contributed by atoms with Gasteiger partial charge in [0, 0.05) is 26.2 Å². The van der Waals surface area contributed by atoms with Gasteiger partial charge in [0.2, 0.25) is 6.41 Å². The third-order valence-corrected chi connectivity index (χ3v) is 2.67. The monoisotopic (exact) mass is 234 g/mol. The Morgan fingerprint density at radius 3 is 2.35 bits per heavy atom. The average Bonchev–Trinajstić information content (AvgIpc) is 2.40. The van der Waals surface area contributed by atoms with Gasteiger partial charge in [0.1, 0.15) is 5.75 Å². The lowest BCUT2D eigenvalue weighted by molar-refractivity contribution is -0.119. The Kier molecular flexibility index (Phi) is 3.59. The molecule has 1 aromatic carbocycles. The Morgan fingerprint density at radius 2 is 1.76 bits per heavy atom. The van der Waals surface area contributed by atoms with Crippen LogP contribution in [-0.2, 0) is 4.79 Å². The number of carbonyl (C=O) groups excluding carboxylic acids is 2. The first-order valence-corrected chi connectivity index (χ1v) is 5.51. The Bertz CT molecular complexity index is 386. The SMILES string of the molecule is O=CN1CCN(C(=O)Oc2ccccc2)CC1. The predicted octanol–water partition coefficient (Wildman–Crippen LogP) is 0.959. The summed E-state index contributed by atoms with van der Waals surface area (Å²) in [7, 11) is 0. The Balaban J connectivity index is 1.87. The van der Waals surface area contributed by atoms with Crippen LogP contribution in [0.3, 0.4) is 0 Å². The van der Waals surface area contributed by atoms with Gasteiger partial charge < -0.3 is 14.5 Å². The second-order valence-corrected chi connectivity index (χ2v) is 3.81. The first kappa shape index (κ1) is 11.4. The normalized spacial score (nSPS) is 15.5. The smallest absolute Gasteiger partial charge is 0.410 e. The summed E-state index contributed by atoms with van der Waals surface area (Å²) >= 11 is 0. The van der Waals surface area contributed by atoms with Crippen LogP contribution in [-0.4, -0.2) is 48.5 Å². The van der Waals surface area contributed by atoms with Gasteiger partial charge in [0.25, 0.3) is 0 Å². The van der Waals surface area contributed by atoms with Crippen molar-refractivity contribution in [3.63, 3.8) is 0 Å². The number of benzene rings is 1. The molecule has 2 rings (SSSR count). The van der Waals surface area contributed by atoms with Gasteiger partial charge in [-0.3, -0.25) is 4.79 Å². The van der Waals surface area contributed by atoms with Crippen LogP contribution in [0.4, 0.5) is 4.79 Å². The number of hydrogen-bond acceptors (Lipinski definition) is 3. The lowest BCUT2D eigenvalue weighted by Gasteiger charge is -2.31. The van der Waals surface area contributed by atoms with Gasteiger partial charge in [-0.15, -0.1) is 0 Å². The van der Waals surface area contributed by atoms with E-state index in [1.54, 1.807) is 21.9 Å². The summed E-state index contributed by atoms with van der Waals surface area (Å²) in [5, 5.41) is 0. The molecule has 0 aliphatic carbocycles. The van der Waals surface area contributed by atoms with E-state index in [9.17, 15) is 9.59 Å². The van der Waals surface area contributed by atoms with Crippen molar-refractivity contribution < 1.29 is 14.3 Å². The summed E-state index contributed by atoms with van der Waals surface area (Å²) in [6.45, 7) is 2.16. The third kappa shape index (κ3) is 2.96. The highest BCUT2D eigenvalue weighted by atomic mass is 16.6. The molecular formula is C12H14N2O3. The van der Waals surface area contributed by atoms with Crippen LogP contribution in [0.1, 0.15) is 0 Å². The zero-order valence-corrected chi connectivity index (χ0v) is 9.41. The number of carbonyl (C=O) groups is 2.